The summed E-state index contributed by atoms with van der Waals surface area (Å²) in [6, 6.07) is 8.47. The number of fused-ring (bicyclic) bond motifs is 1. The van der Waals surface area contributed by atoms with Crippen molar-refractivity contribution in [1.82, 2.24) is 4.57 Å². The van der Waals surface area contributed by atoms with Crippen LogP contribution >= 0.6 is 12.2 Å². The van der Waals surface area contributed by atoms with Gasteiger partial charge in [0.05, 0.1) is 24.4 Å². The molecule has 148 valence electrons. The molecule has 4 nitrogen and oxygen atoms in total. The van der Waals surface area contributed by atoms with Gasteiger partial charge in [-0.1, -0.05) is 36.0 Å². The lowest BCUT2D eigenvalue weighted by molar-refractivity contribution is -0.115. The van der Waals surface area contributed by atoms with Crippen molar-refractivity contribution >= 4 is 23.0 Å². The third-order valence-electron chi connectivity index (χ3n) is 4.71. The van der Waals surface area contributed by atoms with Gasteiger partial charge in [0.1, 0.15) is 17.0 Å². The van der Waals surface area contributed by atoms with Crippen molar-refractivity contribution in [2.75, 3.05) is 6.61 Å². The van der Waals surface area contributed by atoms with E-state index in [2.05, 4.69) is 70.4 Å². The molecule has 0 radical (unpaired) electrons. The Morgan fingerprint density at radius 3 is 2.67 bits per heavy atom. The van der Waals surface area contributed by atoms with Crippen LogP contribution in [0.3, 0.4) is 0 Å². The standard InChI is InChI=1S/C22H31NO3S/c1-14(2)25-18-12-20(26-19(18)13-24-22(4,5)6)23-10-9-16-11-15(3)7-8-17(16)21(23)27/h7-11,14,18-20H,12-13H2,1-6H3/t18?,19-,20-/m1/s1. The Hall–Kier alpha value is -1.27. The highest BCUT2D eigenvalue weighted by Crippen LogP contribution is 2.33. The number of aryl methyl sites for hydroxylation is 1. The molecule has 3 atom stereocenters. The summed E-state index contributed by atoms with van der Waals surface area (Å²) in [5, 5.41) is 2.24. The molecule has 2 heterocycles. The lowest BCUT2D eigenvalue weighted by Gasteiger charge is -2.26. The Balaban J connectivity index is 1.86. The third kappa shape index (κ3) is 4.96. The second-order valence-corrected chi connectivity index (χ2v) is 9.02. The van der Waals surface area contributed by atoms with Gasteiger partial charge >= 0.3 is 0 Å². The van der Waals surface area contributed by atoms with Crippen molar-refractivity contribution in [1.29, 1.82) is 0 Å². The van der Waals surface area contributed by atoms with Crippen LogP contribution in [0.4, 0.5) is 0 Å². The first kappa shape index (κ1) is 20.5. The summed E-state index contributed by atoms with van der Waals surface area (Å²) in [6.45, 7) is 12.9. The lowest BCUT2D eigenvalue weighted by atomic mass is 10.1. The van der Waals surface area contributed by atoms with Crippen LogP contribution in [0.2, 0.25) is 0 Å². The topological polar surface area (TPSA) is 32.6 Å². The van der Waals surface area contributed by atoms with Crippen molar-refractivity contribution in [3.63, 3.8) is 0 Å². The predicted molar refractivity (Wildman–Crippen MR) is 112 cm³/mol. The van der Waals surface area contributed by atoms with E-state index in [0.29, 0.717) is 6.61 Å². The number of nitrogens with zero attached hydrogens (tertiary/aromatic N) is 1. The highest BCUT2D eigenvalue weighted by Gasteiger charge is 2.38. The fourth-order valence-corrected chi connectivity index (χ4v) is 3.82. The van der Waals surface area contributed by atoms with Crippen molar-refractivity contribution in [2.45, 2.75) is 78.1 Å². The van der Waals surface area contributed by atoms with Gasteiger partial charge in [0.25, 0.3) is 0 Å². The number of aromatic nitrogens is 1. The largest absolute Gasteiger partial charge is 0.373 e. The van der Waals surface area contributed by atoms with Crippen molar-refractivity contribution < 1.29 is 14.2 Å². The van der Waals surface area contributed by atoms with Gasteiger partial charge < -0.3 is 18.8 Å². The van der Waals surface area contributed by atoms with E-state index < -0.39 is 0 Å². The summed E-state index contributed by atoms with van der Waals surface area (Å²) in [5.74, 6) is 0. The molecule has 0 amide bonds. The van der Waals surface area contributed by atoms with Gasteiger partial charge in [0.15, 0.2) is 0 Å². The van der Waals surface area contributed by atoms with E-state index in [0.717, 1.165) is 21.8 Å². The van der Waals surface area contributed by atoms with E-state index in [9.17, 15) is 0 Å². The molecule has 1 saturated heterocycles. The molecule has 27 heavy (non-hydrogen) atoms. The zero-order valence-corrected chi connectivity index (χ0v) is 18.0. The predicted octanol–water partition coefficient (Wildman–Crippen LogP) is 5.58. The van der Waals surface area contributed by atoms with E-state index in [1.807, 2.05) is 6.20 Å². The third-order valence-corrected chi connectivity index (χ3v) is 5.14. The molecular weight excluding hydrogens is 358 g/mol. The van der Waals surface area contributed by atoms with Crippen molar-refractivity contribution in [3.8, 4) is 0 Å². The summed E-state index contributed by atoms with van der Waals surface area (Å²) in [5.41, 5.74) is 1.03. The van der Waals surface area contributed by atoms with Crippen molar-refractivity contribution in [3.05, 3.63) is 40.7 Å². The minimum atomic E-state index is -0.207. The maximum atomic E-state index is 6.36. The first-order chi connectivity index (χ1) is 12.6. The fraction of sp³-hybridized carbons (Fsp3) is 0.591. The number of hydrogen-bond acceptors (Lipinski definition) is 4. The highest BCUT2D eigenvalue weighted by atomic mass is 32.1. The number of hydrogen-bond donors (Lipinski definition) is 0. The second kappa shape index (κ2) is 8.00. The smallest absolute Gasteiger partial charge is 0.137 e. The monoisotopic (exact) mass is 389 g/mol. The SMILES string of the molecule is Cc1ccc2c(=S)n([C@H]3CC(OC(C)C)[C@@H](COC(C)(C)C)O3)ccc2c1. The van der Waals surface area contributed by atoms with E-state index in [1.54, 1.807) is 0 Å². The molecule has 2 aromatic rings. The average Bonchev–Trinajstić information content (AvgIpc) is 2.94. The molecule has 1 aliphatic heterocycles. The van der Waals surface area contributed by atoms with Gasteiger partial charge in [0, 0.05) is 18.0 Å². The Kier molecular flexibility index (Phi) is 6.06. The van der Waals surface area contributed by atoms with Crippen LogP contribution < -0.4 is 0 Å². The molecule has 1 fully saturated rings. The molecule has 1 aliphatic rings. The van der Waals surface area contributed by atoms with Crippen molar-refractivity contribution in [2.24, 2.45) is 0 Å². The highest BCUT2D eigenvalue weighted by molar-refractivity contribution is 7.71. The van der Waals surface area contributed by atoms with E-state index in [1.165, 1.54) is 5.56 Å². The molecule has 0 saturated carbocycles. The summed E-state index contributed by atoms with van der Waals surface area (Å²) >= 11 is 5.77. The minimum Gasteiger partial charge on any atom is -0.373 e. The van der Waals surface area contributed by atoms with Gasteiger partial charge in [-0.3, -0.25) is 0 Å². The number of ether oxygens (including phenoxy) is 3. The Morgan fingerprint density at radius 1 is 1.26 bits per heavy atom. The van der Waals surface area contributed by atoms with Gasteiger partial charge in [0.2, 0.25) is 0 Å². The first-order valence-corrected chi connectivity index (χ1v) is 10.1. The van der Waals surface area contributed by atoms with Gasteiger partial charge in [-0.2, -0.15) is 0 Å². The van der Waals surface area contributed by atoms with Gasteiger partial charge in [-0.25, -0.2) is 0 Å². The molecule has 0 bridgehead atoms. The lowest BCUT2D eigenvalue weighted by Crippen LogP contribution is -2.34. The Bertz CT molecular complexity index is 853. The second-order valence-electron chi connectivity index (χ2n) is 8.63. The maximum Gasteiger partial charge on any atom is 0.137 e. The van der Waals surface area contributed by atoms with Gasteiger partial charge in [-0.05, 0) is 53.0 Å². The number of pyridine rings is 1. The van der Waals surface area contributed by atoms with E-state index in [4.69, 9.17) is 26.4 Å². The zero-order valence-electron chi connectivity index (χ0n) is 17.2. The Morgan fingerprint density at radius 2 is 2.00 bits per heavy atom. The van der Waals surface area contributed by atoms with Gasteiger partial charge in [-0.15, -0.1) is 0 Å². The first-order valence-electron chi connectivity index (χ1n) is 9.70. The molecule has 1 unspecified atom stereocenters. The number of benzene rings is 1. The normalized spacial score (nSPS) is 23.4. The van der Waals surface area contributed by atoms with Crippen LogP contribution in [0.25, 0.3) is 10.8 Å². The maximum absolute atomic E-state index is 6.36. The Labute approximate surface area is 167 Å². The molecule has 0 aliphatic carbocycles. The minimum absolute atomic E-state index is 0.00651. The summed E-state index contributed by atoms with van der Waals surface area (Å²) in [7, 11) is 0. The van der Waals surface area contributed by atoms with Crippen LogP contribution in [0.1, 0.15) is 52.8 Å². The van der Waals surface area contributed by atoms with E-state index >= 15 is 0 Å². The van der Waals surface area contributed by atoms with Crippen LogP contribution in [0, 0.1) is 11.6 Å². The molecule has 3 rings (SSSR count). The molecular formula is C22H31NO3S. The molecule has 0 spiro atoms. The number of rotatable bonds is 5. The molecule has 1 aromatic carbocycles. The van der Waals surface area contributed by atoms with Crippen LogP contribution in [-0.4, -0.2) is 35.1 Å². The average molecular weight is 390 g/mol. The van der Waals surface area contributed by atoms with E-state index in [-0.39, 0.29) is 30.1 Å². The summed E-state index contributed by atoms with van der Waals surface area (Å²) in [4.78, 5) is 0. The quantitative estimate of drug-likeness (QED) is 0.625. The molecule has 1 aromatic heterocycles. The van der Waals surface area contributed by atoms with Crippen LogP contribution in [-0.2, 0) is 14.2 Å². The molecule has 5 heteroatoms. The van der Waals surface area contributed by atoms with Crippen LogP contribution in [0.5, 0.6) is 0 Å². The molecule has 0 N–H and O–H groups in total. The summed E-state index contributed by atoms with van der Waals surface area (Å²) < 4.78 is 21.3. The summed E-state index contributed by atoms with van der Waals surface area (Å²) in [6.07, 6.45) is 2.69. The fourth-order valence-electron chi connectivity index (χ4n) is 3.46. The zero-order chi connectivity index (χ0) is 19.8. The van der Waals surface area contributed by atoms with Crippen LogP contribution in [0.15, 0.2) is 30.5 Å².